The Morgan fingerprint density at radius 1 is 1.55 bits per heavy atom. The summed E-state index contributed by atoms with van der Waals surface area (Å²) < 4.78 is 9.97. The fourth-order valence-corrected chi connectivity index (χ4v) is 1.28. The minimum absolute atomic E-state index is 0.110. The highest BCUT2D eigenvalue weighted by molar-refractivity contribution is 5.93. The van der Waals surface area contributed by atoms with E-state index in [2.05, 4.69) is 16.6 Å². The molecule has 1 rings (SSSR count). The van der Waals surface area contributed by atoms with Crippen molar-refractivity contribution in [3.63, 3.8) is 0 Å². The number of esters is 1. The minimum Gasteiger partial charge on any atom is -0.489 e. The van der Waals surface area contributed by atoms with Gasteiger partial charge in [-0.1, -0.05) is 12.6 Å². The number of nitrogens with one attached hydrogen (secondary N) is 1. The van der Waals surface area contributed by atoms with Gasteiger partial charge in [-0.15, -0.1) is 0 Å². The van der Waals surface area contributed by atoms with Crippen LogP contribution in [-0.2, 0) is 9.53 Å². The fourth-order valence-electron chi connectivity index (χ4n) is 1.28. The standard InChI is InChI=1S/C15H16N2O3/c1-11(2)10-20-14-6-4-5-13(7-14)17-9-12(8-16)15(18)19-3/h4-7,9,17H,1,10H2,2-3H3/b12-9+. The quantitative estimate of drug-likeness (QED) is 0.373. The number of carbonyl (C=O) groups is 1. The number of ether oxygens (including phenoxy) is 2. The number of hydrogen-bond acceptors (Lipinski definition) is 5. The third kappa shape index (κ3) is 4.86. The van der Waals surface area contributed by atoms with E-state index in [1.54, 1.807) is 24.3 Å². The predicted molar refractivity (Wildman–Crippen MR) is 76.1 cm³/mol. The zero-order chi connectivity index (χ0) is 15.0. The summed E-state index contributed by atoms with van der Waals surface area (Å²) in [5.41, 5.74) is 1.50. The lowest BCUT2D eigenvalue weighted by Gasteiger charge is -2.08. The Morgan fingerprint density at radius 3 is 2.90 bits per heavy atom. The molecule has 0 spiro atoms. The zero-order valence-electron chi connectivity index (χ0n) is 11.5. The highest BCUT2D eigenvalue weighted by Crippen LogP contribution is 2.18. The number of methoxy groups -OCH3 is 1. The van der Waals surface area contributed by atoms with Gasteiger partial charge in [-0.3, -0.25) is 0 Å². The van der Waals surface area contributed by atoms with E-state index < -0.39 is 5.97 Å². The molecule has 0 fully saturated rings. The molecule has 1 aromatic rings. The van der Waals surface area contributed by atoms with E-state index in [0.29, 0.717) is 18.0 Å². The first-order valence-corrected chi connectivity index (χ1v) is 5.89. The van der Waals surface area contributed by atoms with Crippen LogP contribution < -0.4 is 10.1 Å². The Labute approximate surface area is 118 Å². The minimum atomic E-state index is -0.685. The van der Waals surface area contributed by atoms with Crippen molar-refractivity contribution < 1.29 is 14.3 Å². The third-order valence-electron chi connectivity index (χ3n) is 2.23. The summed E-state index contributed by atoms with van der Waals surface area (Å²) in [6.07, 6.45) is 1.30. The van der Waals surface area contributed by atoms with Gasteiger partial charge in [0.25, 0.3) is 0 Å². The van der Waals surface area contributed by atoms with Crippen molar-refractivity contribution in [3.8, 4) is 11.8 Å². The molecule has 104 valence electrons. The summed E-state index contributed by atoms with van der Waals surface area (Å²) in [5, 5.41) is 11.7. The number of nitriles is 1. The van der Waals surface area contributed by atoms with Crippen LogP contribution in [0.2, 0.25) is 0 Å². The van der Waals surface area contributed by atoms with Gasteiger partial charge in [-0.2, -0.15) is 5.26 Å². The molecule has 0 aromatic heterocycles. The second kappa shape index (κ2) is 7.64. The lowest BCUT2D eigenvalue weighted by Crippen LogP contribution is -2.05. The van der Waals surface area contributed by atoms with Gasteiger partial charge in [0.05, 0.1) is 7.11 Å². The highest BCUT2D eigenvalue weighted by atomic mass is 16.5. The zero-order valence-corrected chi connectivity index (χ0v) is 11.5. The first-order chi connectivity index (χ1) is 9.56. The smallest absolute Gasteiger partial charge is 0.350 e. The normalized spacial score (nSPS) is 10.3. The van der Waals surface area contributed by atoms with Crippen LogP contribution in [-0.4, -0.2) is 19.7 Å². The summed E-state index contributed by atoms with van der Waals surface area (Å²) in [4.78, 5) is 11.2. The summed E-state index contributed by atoms with van der Waals surface area (Å²) in [5.74, 6) is -0.0161. The van der Waals surface area contributed by atoms with Gasteiger partial charge in [-0.25, -0.2) is 4.79 Å². The first kappa shape index (κ1) is 15.3. The molecule has 0 aliphatic rings. The maximum atomic E-state index is 11.2. The molecule has 5 heteroatoms. The van der Waals surface area contributed by atoms with E-state index in [0.717, 1.165) is 5.57 Å². The van der Waals surface area contributed by atoms with Gasteiger partial charge in [0.1, 0.15) is 18.4 Å². The molecule has 1 aromatic carbocycles. The van der Waals surface area contributed by atoms with Crippen molar-refractivity contribution in [2.45, 2.75) is 6.92 Å². The van der Waals surface area contributed by atoms with Crippen LogP contribution in [0.4, 0.5) is 5.69 Å². The number of carbonyl (C=O) groups excluding carboxylic acids is 1. The van der Waals surface area contributed by atoms with Gasteiger partial charge in [0, 0.05) is 18.0 Å². The van der Waals surface area contributed by atoms with Gasteiger partial charge >= 0.3 is 5.97 Å². The molecule has 0 amide bonds. The molecule has 0 saturated heterocycles. The van der Waals surface area contributed by atoms with Gasteiger partial charge < -0.3 is 14.8 Å². The van der Waals surface area contributed by atoms with Crippen molar-refractivity contribution in [1.82, 2.24) is 0 Å². The lowest BCUT2D eigenvalue weighted by molar-refractivity contribution is -0.135. The van der Waals surface area contributed by atoms with E-state index in [9.17, 15) is 4.79 Å². The number of benzene rings is 1. The van der Waals surface area contributed by atoms with Crippen LogP contribution in [0.3, 0.4) is 0 Å². The van der Waals surface area contributed by atoms with E-state index in [-0.39, 0.29) is 5.57 Å². The highest BCUT2D eigenvalue weighted by Gasteiger charge is 2.07. The third-order valence-corrected chi connectivity index (χ3v) is 2.23. The van der Waals surface area contributed by atoms with Crippen LogP contribution in [0, 0.1) is 11.3 Å². The summed E-state index contributed by atoms with van der Waals surface area (Å²) in [6.45, 7) is 6.07. The Balaban J connectivity index is 2.76. The topological polar surface area (TPSA) is 71.3 Å². The molecule has 0 bridgehead atoms. The van der Waals surface area contributed by atoms with Crippen LogP contribution in [0.1, 0.15) is 6.92 Å². The number of rotatable bonds is 6. The fraction of sp³-hybridized carbons (Fsp3) is 0.200. The maximum absolute atomic E-state index is 11.2. The largest absolute Gasteiger partial charge is 0.489 e. The Hall–Kier alpha value is -2.74. The SMILES string of the molecule is C=C(C)COc1cccc(N/C=C(\C#N)C(=O)OC)c1. The van der Waals surface area contributed by atoms with Crippen LogP contribution >= 0.6 is 0 Å². The van der Waals surface area contributed by atoms with E-state index in [1.807, 2.05) is 13.0 Å². The molecule has 0 atom stereocenters. The molecule has 1 N–H and O–H groups in total. The Morgan fingerprint density at radius 2 is 2.30 bits per heavy atom. The van der Waals surface area contributed by atoms with Gasteiger partial charge in [-0.05, 0) is 24.6 Å². The van der Waals surface area contributed by atoms with Gasteiger partial charge in [0.15, 0.2) is 5.57 Å². The number of hydrogen-bond donors (Lipinski definition) is 1. The maximum Gasteiger partial charge on any atom is 0.350 e. The Kier molecular flexibility index (Phi) is 5.85. The molecule has 0 aliphatic carbocycles. The first-order valence-electron chi connectivity index (χ1n) is 5.89. The van der Waals surface area contributed by atoms with E-state index in [1.165, 1.54) is 13.3 Å². The molecular formula is C15H16N2O3. The second-order valence-electron chi connectivity index (χ2n) is 4.08. The summed E-state index contributed by atoms with van der Waals surface area (Å²) >= 11 is 0. The predicted octanol–water partition coefficient (Wildman–Crippen LogP) is 2.63. The summed E-state index contributed by atoms with van der Waals surface area (Å²) in [7, 11) is 1.22. The molecule has 20 heavy (non-hydrogen) atoms. The van der Waals surface area contributed by atoms with Crippen LogP contribution in [0.15, 0.2) is 48.2 Å². The molecular weight excluding hydrogens is 256 g/mol. The Bertz CT molecular complexity index is 571. The van der Waals surface area contributed by atoms with Gasteiger partial charge in [0.2, 0.25) is 0 Å². The molecule has 0 saturated carbocycles. The molecule has 0 radical (unpaired) electrons. The average molecular weight is 272 g/mol. The number of nitrogens with zero attached hydrogens (tertiary/aromatic N) is 1. The summed E-state index contributed by atoms with van der Waals surface area (Å²) in [6, 6.07) is 8.91. The lowest BCUT2D eigenvalue weighted by atomic mass is 10.3. The van der Waals surface area contributed by atoms with Crippen molar-refractivity contribution in [2.75, 3.05) is 19.0 Å². The van der Waals surface area contributed by atoms with Crippen molar-refractivity contribution in [2.24, 2.45) is 0 Å². The monoisotopic (exact) mass is 272 g/mol. The van der Waals surface area contributed by atoms with Crippen LogP contribution in [0.25, 0.3) is 0 Å². The van der Waals surface area contributed by atoms with Crippen LogP contribution in [0.5, 0.6) is 5.75 Å². The molecule has 0 unspecified atom stereocenters. The molecule has 5 nitrogen and oxygen atoms in total. The van der Waals surface area contributed by atoms with Crippen molar-refractivity contribution >= 4 is 11.7 Å². The second-order valence-corrected chi connectivity index (χ2v) is 4.08. The molecule has 0 aliphatic heterocycles. The van der Waals surface area contributed by atoms with Crippen molar-refractivity contribution in [1.29, 1.82) is 5.26 Å². The van der Waals surface area contributed by atoms with Crippen molar-refractivity contribution in [3.05, 3.63) is 48.2 Å². The average Bonchev–Trinajstić information content (AvgIpc) is 2.45. The number of anilines is 1. The molecule has 0 heterocycles. The van der Waals surface area contributed by atoms with E-state index >= 15 is 0 Å². The van der Waals surface area contributed by atoms with E-state index in [4.69, 9.17) is 10.00 Å².